The van der Waals surface area contributed by atoms with Gasteiger partial charge < -0.3 is 0 Å². The molecule has 1 fully saturated rings. The van der Waals surface area contributed by atoms with Crippen molar-refractivity contribution >= 4 is 33.0 Å². The summed E-state index contributed by atoms with van der Waals surface area (Å²) in [6.07, 6.45) is 0.706. The van der Waals surface area contributed by atoms with E-state index in [1.807, 2.05) is 6.92 Å². The van der Waals surface area contributed by atoms with Crippen LogP contribution < -0.4 is 0 Å². The van der Waals surface area contributed by atoms with Crippen LogP contribution in [-0.2, 0) is 11.3 Å². The third-order valence-corrected chi connectivity index (χ3v) is 5.05. The predicted octanol–water partition coefficient (Wildman–Crippen LogP) is 3.31. The van der Waals surface area contributed by atoms with E-state index >= 15 is 0 Å². The van der Waals surface area contributed by atoms with Crippen molar-refractivity contribution < 1.29 is 4.79 Å². The topological polar surface area (TPSA) is 20.3 Å². The van der Waals surface area contributed by atoms with E-state index in [1.165, 1.54) is 8.66 Å². The number of hydrogen-bond donors (Lipinski definition) is 0. The zero-order valence-corrected chi connectivity index (χ0v) is 12.0. The Bertz CT molecular complexity index is 390. The van der Waals surface area contributed by atoms with Crippen LogP contribution in [0.5, 0.6) is 0 Å². The molecule has 0 radical (unpaired) electrons. The number of nitrogens with zero attached hydrogens (tertiary/aromatic N) is 1. The van der Waals surface area contributed by atoms with E-state index < -0.39 is 0 Å². The van der Waals surface area contributed by atoms with Crippen LogP contribution in [0.3, 0.4) is 0 Å². The molecule has 1 aromatic rings. The quantitative estimate of drug-likeness (QED) is 0.835. The molecule has 0 bridgehead atoms. The number of likely N-dealkylation sites (tertiary alicyclic amines) is 1. The molecule has 2 heterocycles. The van der Waals surface area contributed by atoms with E-state index in [1.54, 1.807) is 11.3 Å². The van der Waals surface area contributed by atoms with E-state index in [2.05, 4.69) is 39.9 Å². The van der Waals surface area contributed by atoms with E-state index in [-0.39, 0.29) is 5.92 Å². The minimum Gasteiger partial charge on any atom is -0.299 e. The first kappa shape index (κ1) is 12.3. The summed E-state index contributed by atoms with van der Waals surface area (Å²) in [5.74, 6) is 0.591. The lowest BCUT2D eigenvalue weighted by atomic mass is 9.91. The largest absolute Gasteiger partial charge is 0.299 e. The van der Waals surface area contributed by atoms with Crippen LogP contribution in [0.15, 0.2) is 15.9 Å². The second kappa shape index (κ2) is 4.98. The highest BCUT2D eigenvalue weighted by Crippen LogP contribution is 2.27. The summed E-state index contributed by atoms with van der Waals surface area (Å²) in [5.41, 5.74) is 0. The number of rotatable bonds is 2. The van der Waals surface area contributed by atoms with Crippen molar-refractivity contribution in [2.45, 2.75) is 32.9 Å². The van der Waals surface area contributed by atoms with Gasteiger partial charge in [-0.05, 0) is 35.0 Å². The minimum absolute atomic E-state index is 0.178. The molecule has 2 nitrogen and oxygen atoms in total. The van der Waals surface area contributed by atoms with Crippen molar-refractivity contribution in [3.8, 4) is 0 Å². The number of piperidine rings is 1. The number of carbonyl (C=O) groups is 1. The van der Waals surface area contributed by atoms with E-state index in [9.17, 15) is 4.79 Å². The lowest BCUT2D eigenvalue weighted by Gasteiger charge is -2.36. The van der Waals surface area contributed by atoms with Crippen molar-refractivity contribution in [2.75, 3.05) is 6.54 Å². The van der Waals surface area contributed by atoms with E-state index in [0.717, 1.165) is 13.1 Å². The van der Waals surface area contributed by atoms with Crippen molar-refractivity contribution in [1.82, 2.24) is 4.90 Å². The SMILES string of the molecule is CC1C(=O)CCN(Cc2ccc(Br)s2)C1C. The van der Waals surface area contributed by atoms with Crippen LogP contribution in [0.2, 0.25) is 0 Å². The van der Waals surface area contributed by atoms with Gasteiger partial charge in [-0.15, -0.1) is 11.3 Å². The molecule has 88 valence electrons. The second-order valence-electron chi connectivity index (χ2n) is 4.42. The average molecular weight is 302 g/mol. The van der Waals surface area contributed by atoms with Crippen LogP contribution in [0, 0.1) is 5.92 Å². The molecule has 4 heteroatoms. The Morgan fingerprint density at radius 1 is 1.50 bits per heavy atom. The minimum atomic E-state index is 0.178. The van der Waals surface area contributed by atoms with Gasteiger partial charge in [0.05, 0.1) is 3.79 Å². The fourth-order valence-electron chi connectivity index (χ4n) is 2.13. The molecule has 0 aliphatic carbocycles. The Balaban J connectivity index is 2.02. The van der Waals surface area contributed by atoms with Gasteiger partial charge in [0.15, 0.2) is 0 Å². The summed E-state index contributed by atoms with van der Waals surface area (Å²) in [4.78, 5) is 15.3. The Labute approximate surface area is 109 Å². The first-order valence-electron chi connectivity index (χ1n) is 5.59. The molecule has 0 aromatic carbocycles. The van der Waals surface area contributed by atoms with Gasteiger partial charge in [-0.25, -0.2) is 0 Å². The van der Waals surface area contributed by atoms with Crippen LogP contribution in [0.1, 0.15) is 25.1 Å². The third kappa shape index (κ3) is 2.55. The zero-order chi connectivity index (χ0) is 11.7. The van der Waals surface area contributed by atoms with Gasteiger partial charge >= 0.3 is 0 Å². The summed E-state index contributed by atoms with van der Waals surface area (Å²) < 4.78 is 1.18. The van der Waals surface area contributed by atoms with Crippen LogP contribution in [0.4, 0.5) is 0 Å². The van der Waals surface area contributed by atoms with Gasteiger partial charge in [-0.2, -0.15) is 0 Å². The van der Waals surface area contributed by atoms with Gasteiger partial charge in [-0.3, -0.25) is 9.69 Å². The second-order valence-corrected chi connectivity index (χ2v) is 6.97. The number of halogens is 1. The molecule has 0 saturated carbocycles. The summed E-state index contributed by atoms with van der Waals surface area (Å²) in [7, 11) is 0. The highest BCUT2D eigenvalue weighted by atomic mass is 79.9. The molecule has 2 atom stereocenters. The van der Waals surface area contributed by atoms with Crippen molar-refractivity contribution in [3.05, 3.63) is 20.8 Å². The van der Waals surface area contributed by atoms with E-state index in [0.29, 0.717) is 18.2 Å². The molecular weight excluding hydrogens is 286 g/mol. The van der Waals surface area contributed by atoms with Crippen molar-refractivity contribution in [2.24, 2.45) is 5.92 Å². The highest BCUT2D eigenvalue weighted by molar-refractivity contribution is 9.11. The molecule has 1 aliphatic rings. The zero-order valence-electron chi connectivity index (χ0n) is 9.57. The summed E-state index contributed by atoms with van der Waals surface area (Å²) in [5, 5.41) is 0. The fraction of sp³-hybridized carbons (Fsp3) is 0.583. The summed E-state index contributed by atoms with van der Waals surface area (Å²) in [6.45, 7) is 6.07. The average Bonchev–Trinajstić information content (AvgIpc) is 2.65. The molecule has 1 saturated heterocycles. The van der Waals surface area contributed by atoms with Gasteiger partial charge in [0.1, 0.15) is 5.78 Å². The van der Waals surface area contributed by atoms with Gasteiger partial charge in [0.2, 0.25) is 0 Å². The molecule has 0 N–H and O–H groups in total. The smallest absolute Gasteiger partial charge is 0.138 e. The Morgan fingerprint density at radius 2 is 2.25 bits per heavy atom. The van der Waals surface area contributed by atoms with E-state index in [4.69, 9.17) is 0 Å². The Hall–Kier alpha value is -0.190. The first-order valence-corrected chi connectivity index (χ1v) is 7.20. The molecule has 0 spiro atoms. The van der Waals surface area contributed by atoms with Crippen molar-refractivity contribution in [1.29, 1.82) is 0 Å². The third-order valence-electron chi connectivity index (χ3n) is 3.44. The van der Waals surface area contributed by atoms with Crippen LogP contribution in [-0.4, -0.2) is 23.3 Å². The maximum atomic E-state index is 11.6. The number of carbonyl (C=O) groups excluding carboxylic acids is 1. The first-order chi connectivity index (χ1) is 7.58. The molecule has 1 aromatic heterocycles. The molecule has 16 heavy (non-hydrogen) atoms. The van der Waals surface area contributed by atoms with Gasteiger partial charge in [0.25, 0.3) is 0 Å². The molecule has 1 aliphatic heterocycles. The maximum absolute atomic E-state index is 11.6. The van der Waals surface area contributed by atoms with Crippen LogP contribution >= 0.6 is 27.3 Å². The molecule has 2 rings (SSSR count). The number of ketones is 1. The summed E-state index contributed by atoms with van der Waals surface area (Å²) >= 11 is 5.25. The molecular formula is C12H16BrNOS. The summed E-state index contributed by atoms with van der Waals surface area (Å²) in [6, 6.07) is 4.60. The highest BCUT2D eigenvalue weighted by Gasteiger charge is 2.30. The number of hydrogen-bond acceptors (Lipinski definition) is 3. The van der Waals surface area contributed by atoms with Crippen LogP contribution in [0.25, 0.3) is 0 Å². The lowest BCUT2D eigenvalue weighted by molar-refractivity contribution is -0.128. The lowest BCUT2D eigenvalue weighted by Crippen LogP contribution is -2.46. The van der Waals surface area contributed by atoms with Gasteiger partial charge in [0, 0.05) is 36.3 Å². The number of Topliss-reactive ketones (excluding diaryl/α,β-unsaturated/α-hetero) is 1. The Kier molecular flexibility index (Phi) is 3.82. The monoisotopic (exact) mass is 301 g/mol. The molecule has 0 amide bonds. The number of thiophene rings is 1. The van der Waals surface area contributed by atoms with Gasteiger partial charge in [-0.1, -0.05) is 6.92 Å². The van der Waals surface area contributed by atoms with Crippen molar-refractivity contribution in [3.63, 3.8) is 0 Å². The molecule has 2 unspecified atom stereocenters. The standard InChI is InChI=1S/C12H16BrNOS/c1-8-9(2)14(6-5-11(8)15)7-10-3-4-12(13)16-10/h3-4,8-9H,5-7H2,1-2H3. The predicted molar refractivity (Wildman–Crippen MR) is 70.7 cm³/mol. The fourth-order valence-corrected chi connectivity index (χ4v) is 3.64. The Morgan fingerprint density at radius 3 is 2.88 bits per heavy atom. The maximum Gasteiger partial charge on any atom is 0.138 e. The normalized spacial score (nSPS) is 27.3.